The summed E-state index contributed by atoms with van der Waals surface area (Å²) in [5, 5.41) is 0. The summed E-state index contributed by atoms with van der Waals surface area (Å²) in [5.74, 6) is 0. The molecular formula is C16H34O2. The first-order valence-corrected chi connectivity index (χ1v) is 8.16. The maximum Gasteiger partial charge on any atom is 0.0822 e. The van der Waals surface area contributed by atoms with Gasteiger partial charge in [-0.3, -0.25) is 0 Å². The van der Waals surface area contributed by atoms with E-state index in [0.29, 0.717) is 0 Å². The second-order valence-electron chi connectivity index (χ2n) is 5.18. The monoisotopic (exact) mass is 258 g/mol. The maximum atomic E-state index is 5.11. The third kappa shape index (κ3) is 15.9. The van der Waals surface area contributed by atoms with Crippen LogP contribution in [0.4, 0.5) is 0 Å². The Balaban J connectivity index is 2.86. The topological polar surface area (TPSA) is 18.5 Å². The molecule has 0 rings (SSSR count). The van der Waals surface area contributed by atoms with Crippen LogP contribution in [-0.4, -0.2) is 13.2 Å². The first kappa shape index (κ1) is 17.9. The van der Waals surface area contributed by atoms with E-state index in [1.165, 1.54) is 64.2 Å². The highest BCUT2D eigenvalue weighted by Crippen LogP contribution is 2.10. The van der Waals surface area contributed by atoms with Crippen molar-refractivity contribution in [1.29, 1.82) is 0 Å². The highest BCUT2D eigenvalue weighted by atomic mass is 17.2. The van der Waals surface area contributed by atoms with Gasteiger partial charge >= 0.3 is 0 Å². The molecule has 2 heteroatoms. The van der Waals surface area contributed by atoms with Crippen LogP contribution >= 0.6 is 0 Å². The van der Waals surface area contributed by atoms with Gasteiger partial charge in [0, 0.05) is 0 Å². The molecule has 0 amide bonds. The van der Waals surface area contributed by atoms with Gasteiger partial charge in [-0.25, -0.2) is 9.78 Å². The maximum absolute atomic E-state index is 5.11. The smallest absolute Gasteiger partial charge is 0.0822 e. The minimum absolute atomic E-state index is 0.744. The van der Waals surface area contributed by atoms with Gasteiger partial charge in [-0.05, 0) is 12.8 Å². The molecule has 18 heavy (non-hydrogen) atoms. The Morgan fingerprint density at radius 1 is 0.444 bits per heavy atom. The van der Waals surface area contributed by atoms with Crippen molar-refractivity contribution in [2.45, 2.75) is 90.9 Å². The predicted octanol–water partition coefficient (Wildman–Crippen LogP) is 5.66. The first-order chi connectivity index (χ1) is 8.91. The SMILES string of the molecule is CCCCCCCCCCCCOOCCCC. The lowest BCUT2D eigenvalue weighted by atomic mass is 10.1. The summed E-state index contributed by atoms with van der Waals surface area (Å²) in [4.78, 5) is 10.2. The summed E-state index contributed by atoms with van der Waals surface area (Å²) < 4.78 is 0. The fourth-order valence-electron chi connectivity index (χ4n) is 1.97. The van der Waals surface area contributed by atoms with Gasteiger partial charge in [0.1, 0.15) is 0 Å². The van der Waals surface area contributed by atoms with Gasteiger partial charge in [-0.1, -0.05) is 78.1 Å². The lowest BCUT2D eigenvalue weighted by Crippen LogP contribution is -1.98. The molecule has 0 aliphatic heterocycles. The average molecular weight is 258 g/mol. The Hall–Kier alpha value is -0.0800. The van der Waals surface area contributed by atoms with Gasteiger partial charge in [0.2, 0.25) is 0 Å². The molecule has 110 valence electrons. The molecule has 0 saturated carbocycles. The molecule has 0 fully saturated rings. The van der Waals surface area contributed by atoms with Crippen molar-refractivity contribution in [2.24, 2.45) is 0 Å². The summed E-state index contributed by atoms with van der Waals surface area (Å²) >= 11 is 0. The van der Waals surface area contributed by atoms with Crippen LogP contribution < -0.4 is 0 Å². The zero-order chi connectivity index (χ0) is 13.3. The van der Waals surface area contributed by atoms with E-state index in [2.05, 4.69) is 13.8 Å². The van der Waals surface area contributed by atoms with Crippen LogP contribution in [-0.2, 0) is 9.78 Å². The quantitative estimate of drug-likeness (QED) is 0.214. The Kier molecular flexibility index (Phi) is 16.8. The van der Waals surface area contributed by atoms with Gasteiger partial charge in [0.25, 0.3) is 0 Å². The van der Waals surface area contributed by atoms with Gasteiger partial charge in [0.05, 0.1) is 13.2 Å². The Morgan fingerprint density at radius 2 is 0.833 bits per heavy atom. The number of hydrogen-bond donors (Lipinski definition) is 0. The summed E-state index contributed by atoms with van der Waals surface area (Å²) in [6, 6.07) is 0. The minimum atomic E-state index is 0.744. The van der Waals surface area contributed by atoms with E-state index in [1.807, 2.05) is 0 Å². The fourth-order valence-corrected chi connectivity index (χ4v) is 1.97. The number of rotatable bonds is 15. The highest BCUT2D eigenvalue weighted by molar-refractivity contribution is 4.46. The zero-order valence-corrected chi connectivity index (χ0v) is 12.7. The van der Waals surface area contributed by atoms with Crippen molar-refractivity contribution in [3.63, 3.8) is 0 Å². The molecule has 0 bridgehead atoms. The van der Waals surface area contributed by atoms with E-state index >= 15 is 0 Å². The van der Waals surface area contributed by atoms with Gasteiger partial charge in [-0.15, -0.1) is 0 Å². The summed E-state index contributed by atoms with van der Waals surface area (Å²) in [6.07, 6.45) is 15.9. The van der Waals surface area contributed by atoms with Crippen molar-refractivity contribution in [2.75, 3.05) is 13.2 Å². The zero-order valence-electron chi connectivity index (χ0n) is 12.7. The van der Waals surface area contributed by atoms with Crippen LogP contribution in [0.3, 0.4) is 0 Å². The van der Waals surface area contributed by atoms with Gasteiger partial charge in [0.15, 0.2) is 0 Å². The van der Waals surface area contributed by atoms with E-state index < -0.39 is 0 Å². The van der Waals surface area contributed by atoms with Crippen LogP contribution in [0.5, 0.6) is 0 Å². The Morgan fingerprint density at radius 3 is 1.33 bits per heavy atom. The van der Waals surface area contributed by atoms with E-state index in [9.17, 15) is 0 Å². The number of hydrogen-bond acceptors (Lipinski definition) is 2. The lowest BCUT2D eigenvalue weighted by Gasteiger charge is -2.04. The molecule has 0 saturated heterocycles. The third-order valence-corrected chi connectivity index (χ3v) is 3.25. The second kappa shape index (κ2) is 16.9. The largest absolute Gasteiger partial charge is 0.237 e. The average Bonchev–Trinajstić information content (AvgIpc) is 2.39. The Labute approximate surface area is 114 Å². The standard InChI is InChI=1S/C16H34O2/c1-3-5-7-8-9-10-11-12-13-14-16-18-17-15-6-4-2/h3-16H2,1-2H3. The first-order valence-electron chi connectivity index (χ1n) is 8.16. The summed E-state index contributed by atoms with van der Waals surface area (Å²) in [5.41, 5.74) is 0. The molecule has 0 N–H and O–H groups in total. The molecule has 0 unspecified atom stereocenters. The minimum Gasteiger partial charge on any atom is -0.237 e. The number of unbranched alkanes of at least 4 members (excludes halogenated alkanes) is 10. The molecule has 0 spiro atoms. The molecule has 0 aromatic rings. The fraction of sp³-hybridized carbons (Fsp3) is 1.00. The van der Waals surface area contributed by atoms with Gasteiger partial charge < -0.3 is 0 Å². The molecule has 0 aliphatic rings. The van der Waals surface area contributed by atoms with Crippen LogP contribution in [0, 0.1) is 0 Å². The van der Waals surface area contributed by atoms with Crippen molar-refractivity contribution >= 4 is 0 Å². The molecule has 2 nitrogen and oxygen atoms in total. The molecule has 0 aliphatic carbocycles. The van der Waals surface area contributed by atoms with E-state index in [1.54, 1.807) is 0 Å². The predicted molar refractivity (Wildman–Crippen MR) is 78.7 cm³/mol. The lowest BCUT2D eigenvalue weighted by molar-refractivity contribution is -0.295. The Bertz CT molecular complexity index is 121. The molecule has 0 aromatic heterocycles. The van der Waals surface area contributed by atoms with E-state index in [0.717, 1.165) is 26.1 Å². The summed E-state index contributed by atoms with van der Waals surface area (Å²) in [6.45, 7) is 5.94. The highest BCUT2D eigenvalue weighted by Gasteiger charge is 1.93. The normalized spacial score (nSPS) is 11.0. The molecule has 0 aromatic carbocycles. The van der Waals surface area contributed by atoms with Crippen LogP contribution in [0.1, 0.15) is 90.9 Å². The van der Waals surface area contributed by atoms with Crippen molar-refractivity contribution in [1.82, 2.24) is 0 Å². The van der Waals surface area contributed by atoms with Crippen molar-refractivity contribution < 1.29 is 9.78 Å². The van der Waals surface area contributed by atoms with Crippen molar-refractivity contribution in [3.05, 3.63) is 0 Å². The van der Waals surface area contributed by atoms with E-state index in [4.69, 9.17) is 9.78 Å². The van der Waals surface area contributed by atoms with Crippen molar-refractivity contribution in [3.8, 4) is 0 Å². The molecular weight excluding hydrogens is 224 g/mol. The van der Waals surface area contributed by atoms with Crippen LogP contribution in [0.2, 0.25) is 0 Å². The van der Waals surface area contributed by atoms with Gasteiger partial charge in [-0.2, -0.15) is 0 Å². The second-order valence-corrected chi connectivity index (χ2v) is 5.18. The van der Waals surface area contributed by atoms with E-state index in [-0.39, 0.29) is 0 Å². The van der Waals surface area contributed by atoms with Crippen LogP contribution in [0.25, 0.3) is 0 Å². The third-order valence-electron chi connectivity index (χ3n) is 3.25. The summed E-state index contributed by atoms with van der Waals surface area (Å²) in [7, 11) is 0. The molecule has 0 radical (unpaired) electrons. The van der Waals surface area contributed by atoms with Crippen LogP contribution in [0.15, 0.2) is 0 Å². The molecule has 0 heterocycles. The molecule has 0 atom stereocenters.